The van der Waals surface area contributed by atoms with Crippen LogP contribution < -0.4 is 10.6 Å². The van der Waals surface area contributed by atoms with Crippen molar-refractivity contribution in [2.75, 3.05) is 19.6 Å². The fourth-order valence-electron chi connectivity index (χ4n) is 1.54. The Hall–Kier alpha value is -0.790. The Kier molecular flexibility index (Phi) is 9.63. The van der Waals surface area contributed by atoms with Gasteiger partial charge in [0.25, 0.3) is 0 Å². The summed E-state index contributed by atoms with van der Waals surface area (Å²) in [4.78, 5) is 4.52. The lowest BCUT2D eigenvalue weighted by molar-refractivity contribution is 0.656. The molecule has 2 N–H and O–H groups in total. The monoisotopic (exact) mass is 379 g/mol. The predicted octanol–water partition coefficient (Wildman–Crippen LogP) is 1.79. The van der Waals surface area contributed by atoms with E-state index in [1.165, 1.54) is 5.56 Å². The van der Waals surface area contributed by atoms with Gasteiger partial charge in [-0.3, -0.25) is 9.67 Å². The number of halogens is 1. The molecule has 5 nitrogen and oxygen atoms in total. The number of hydrogen-bond donors (Lipinski definition) is 2. The van der Waals surface area contributed by atoms with Gasteiger partial charge in [-0.1, -0.05) is 13.8 Å². The van der Waals surface area contributed by atoms with E-state index in [1.807, 2.05) is 24.1 Å². The van der Waals surface area contributed by atoms with Crippen LogP contribution in [0.3, 0.4) is 0 Å². The second-order valence-electron chi connectivity index (χ2n) is 4.81. The highest BCUT2D eigenvalue weighted by molar-refractivity contribution is 14.0. The van der Waals surface area contributed by atoms with E-state index in [4.69, 9.17) is 0 Å². The summed E-state index contributed by atoms with van der Waals surface area (Å²) in [5, 5.41) is 10.7. The molecule has 1 aromatic heterocycles. The molecule has 110 valence electrons. The highest BCUT2D eigenvalue weighted by Gasteiger charge is 1.99. The largest absolute Gasteiger partial charge is 0.357 e. The lowest BCUT2D eigenvalue weighted by Crippen LogP contribution is -2.38. The average Bonchev–Trinajstić information content (AvgIpc) is 2.72. The van der Waals surface area contributed by atoms with Crippen LogP contribution in [-0.2, 0) is 13.5 Å². The minimum absolute atomic E-state index is 0. The summed E-state index contributed by atoms with van der Waals surface area (Å²) < 4.78 is 1.83. The van der Waals surface area contributed by atoms with E-state index in [1.54, 1.807) is 0 Å². The predicted molar refractivity (Wildman–Crippen MR) is 91.1 cm³/mol. The van der Waals surface area contributed by atoms with E-state index in [9.17, 15) is 0 Å². The molecule has 0 atom stereocenters. The van der Waals surface area contributed by atoms with Gasteiger partial charge in [-0.15, -0.1) is 24.0 Å². The molecule has 0 radical (unpaired) electrons. The fraction of sp³-hybridized carbons (Fsp3) is 0.692. The van der Waals surface area contributed by atoms with E-state index < -0.39 is 0 Å². The summed E-state index contributed by atoms with van der Waals surface area (Å²) in [6, 6.07) is 0. The number of aliphatic imine (C=N–C) groups is 1. The summed E-state index contributed by atoms with van der Waals surface area (Å²) in [5.41, 5.74) is 1.24. The molecule has 0 aliphatic rings. The van der Waals surface area contributed by atoms with Gasteiger partial charge >= 0.3 is 0 Å². The molecule has 1 heterocycles. The Balaban J connectivity index is 0.00000324. The summed E-state index contributed by atoms with van der Waals surface area (Å²) in [7, 11) is 1.94. The van der Waals surface area contributed by atoms with Gasteiger partial charge in [-0.2, -0.15) is 5.10 Å². The lowest BCUT2D eigenvalue weighted by Gasteiger charge is -2.11. The van der Waals surface area contributed by atoms with Gasteiger partial charge in [0, 0.05) is 32.9 Å². The number of rotatable bonds is 6. The highest BCUT2D eigenvalue weighted by atomic mass is 127. The molecule has 1 rings (SSSR count). The molecule has 19 heavy (non-hydrogen) atoms. The maximum absolute atomic E-state index is 4.52. The molecular weight excluding hydrogens is 353 g/mol. The molecule has 0 spiro atoms. The SMILES string of the molecule is CCNC(=NCC(C)C)NCCc1cnn(C)c1.I. The van der Waals surface area contributed by atoms with Crippen LogP contribution in [-0.4, -0.2) is 35.4 Å². The average molecular weight is 379 g/mol. The molecule has 0 saturated carbocycles. The molecule has 0 saturated heterocycles. The van der Waals surface area contributed by atoms with E-state index in [2.05, 4.69) is 41.5 Å². The number of nitrogens with zero attached hydrogens (tertiary/aromatic N) is 3. The van der Waals surface area contributed by atoms with Crippen molar-refractivity contribution in [1.82, 2.24) is 20.4 Å². The number of guanidine groups is 1. The van der Waals surface area contributed by atoms with E-state index in [0.717, 1.165) is 32.0 Å². The molecule has 1 aromatic rings. The summed E-state index contributed by atoms with van der Waals surface area (Å²) in [5.74, 6) is 1.48. The first-order valence-corrected chi connectivity index (χ1v) is 6.61. The molecule has 0 fully saturated rings. The number of aromatic nitrogens is 2. The van der Waals surface area contributed by atoms with Gasteiger partial charge < -0.3 is 10.6 Å². The molecule has 0 bridgehead atoms. The molecular formula is C13H26IN5. The van der Waals surface area contributed by atoms with Gasteiger partial charge in [0.2, 0.25) is 0 Å². The summed E-state index contributed by atoms with van der Waals surface area (Å²) in [6.45, 7) is 9.02. The Labute approximate surface area is 133 Å². The topological polar surface area (TPSA) is 54.2 Å². The standard InChI is InChI=1S/C13H25N5.HI/c1-5-14-13(16-8-11(2)3)15-7-6-12-9-17-18(4)10-12;/h9-11H,5-8H2,1-4H3,(H2,14,15,16);1H. The zero-order valence-corrected chi connectivity index (χ0v) is 14.6. The van der Waals surface area contributed by atoms with E-state index in [0.29, 0.717) is 5.92 Å². The highest BCUT2D eigenvalue weighted by Crippen LogP contribution is 1.96. The van der Waals surface area contributed by atoms with Gasteiger partial charge in [-0.05, 0) is 24.8 Å². The molecule has 0 amide bonds. The first-order chi connectivity index (χ1) is 8.61. The first kappa shape index (κ1) is 18.2. The molecule has 0 aromatic carbocycles. The van der Waals surface area contributed by atoms with Crippen LogP contribution in [0.25, 0.3) is 0 Å². The molecule has 6 heteroatoms. The third-order valence-electron chi connectivity index (χ3n) is 2.42. The van der Waals surface area contributed by atoms with Gasteiger partial charge in [-0.25, -0.2) is 0 Å². The van der Waals surface area contributed by atoms with Gasteiger partial charge in [0.1, 0.15) is 0 Å². The number of aryl methyl sites for hydroxylation is 1. The van der Waals surface area contributed by atoms with Crippen LogP contribution in [0.5, 0.6) is 0 Å². The Bertz CT molecular complexity index is 373. The van der Waals surface area contributed by atoms with Crippen molar-refractivity contribution in [3.05, 3.63) is 18.0 Å². The van der Waals surface area contributed by atoms with Crippen molar-refractivity contribution in [3.8, 4) is 0 Å². The Morgan fingerprint density at radius 1 is 1.42 bits per heavy atom. The van der Waals surface area contributed by atoms with E-state index >= 15 is 0 Å². The van der Waals surface area contributed by atoms with Crippen molar-refractivity contribution in [2.45, 2.75) is 27.2 Å². The van der Waals surface area contributed by atoms with Crippen LogP contribution in [0.1, 0.15) is 26.3 Å². The van der Waals surface area contributed by atoms with Crippen LogP contribution in [0.2, 0.25) is 0 Å². The smallest absolute Gasteiger partial charge is 0.191 e. The molecule has 0 unspecified atom stereocenters. The second kappa shape index (κ2) is 10.1. The maximum Gasteiger partial charge on any atom is 0.191 e. The lowest BCUT2D eigenvalue weighted by atomic mass is 10.2. The normalized spacial score (nSPS) is 11.3. The maximum atomic E-state index is 4.52. The quantitative estimate of drug-likeness (QED) is 0.450. The van der Waals surface area contributed by atoms with Crippen molar-refractivity contribution in [2.24, 2.45) is 18.0 Å². The van der Waals surface area contributed by atoms with Crippen LogP contribution >= 0.6 is 24.0 Å². The minimum atomic E-state index is 0. The van der Waals surface area contributed by atoms with Gasteiger partial charge in [0.15, 0.2) is 5.96 Å². The zero-order chi connectivity index (χ0) is 13.4. The minimum Gasteiger partial charge on any atom is -0.357 e. The number of nitrogens with one attached hydrogen (secondary N) is 2. The Morgan fingerprint density at radius 2 is 2.16 bits per heavy atom. The van der Waals surface area contributed by atoms with Crippen molar-refractivity contribution in [3.63, 3.8) is 0 Å². The van der Waals surface area contributed by atoms with Crippen molar-refractivity contribution >= 4 is 29.9 Å². The summed E-state index contributed by atoms with van der Waals surface area (Å²) in [6.07, 6.45) is 4.90. The van der Waals surface area contributed by atoms with Crippen LogP contribution in [0.4, 0.5) is 0 Å². The van der Waals surface area contributed by atoms with Crippen molar-refractivity contribution < 1.29 is 0 Å². The van der Waals surface area contributed by atoms with E-state index in [-0.39, 0.29) is 24.0 Å². The molecule has 0 aliphatic carbocycles. The molecule has 0 aliphatic heterocycles. The van der Waals surface area contributed by atoms with Crippen LogP contribution in [0.15, 0.2) is 17.4 Å². The third kappa shape index (κ3) is 8.07. The number of hydrogen-bond acceptors (Lipinski definition) is 2. The Morgan fingerprint density at radius 3 is 2.68 bits per heavy atom. The van der Waals surface area contributed by atoms with Crippen molar-refractivity contribution in [1.29, 1.82) is 0 Å². The third-order valence-corrected chi connectivity index (χ3v) is 2.42. The summed E-state index contributed by atoms with van der Waals surface area (Å²) >= 11 is 0. The van der Waals surface area contributed by atoms with Crippen LogP contribution in [0, 0.1) is 5.92 Å². The first-order valence-electron chi connectivity index (χ1n) is 6.61. The zero-order valence-electron chi connectivity index (χ0n) is 12.3. The second-order valence-corrected chi connectivity index (χ2v) is 4.81. The van der Waals surface area contributed by atoms with Gasteiger partial charge in [0.05, 0.1) is 6.20 Å². The fourth-order valence-corrected chi connectivity index (χ4v) is 1.54.